The average Bonchev–Trinajstić information content (AvgIpc) is 2.52. The van der Waals surface area contributed by atoms with Crippen LogP contribution < -0.4 is 0 Å². The van der Waals surface area contributed by atoms with Crippen LogP contribution in [0.5, 0.6) is 0 Å². The Morgan fingerprint density at radius 2 is 1.90 bits per heavy atom. The third kappa shape index (κ3) is 4.29. The molecule has 1 aliphatic rings. The molecule has 0 radical (unpaired) electrons. The molecule has 1 amide bonds. The Hall–Kier alpha value is -1.88. The molecule has 1 heterocycles. The zero-order valence-electron chi connectivity index (χ0n) is 12.7. The molecule has 1 aromatic carbocycles. The highest BCUT2D eigenvalue weighted by molar-refractivity contribution is 5.94. The molecule has 5 heteroatoms. The van der Waals surface area contributed by atoms with E-state index in [1.165, 1.54) is 7.11 Å². The average molecular weight is 290 g/mol. The van der Waals surface area contributed by atoms with Gasteiger partial charge in [0.2, 0.25) is 0 Å². The van der Waals surface area contributed by atoms with Gasteiger partial charge in [-0.15, -0.1) is 0 Å². The van der Waals surface area contributed by atoms with Crippen molar-refractivity contribution >= 4 is 11.9 Å². The molecule has 1 fully saturated rings. The fourth-order valence-electron chi connectivity index (χ4n) is 2.49. The quantitative estimate of drug-likeness (QED) is 0.785. The van der Waals surface area contributed by atoms with Crippen LogP contribution in [-0.4, -0.2) is 61.5 Å². The topological polar surface area (TPSA) is 49.9 Å². The summed E-state index contributed by atoms with van der Waals surface area (Å²) >= 11 is 0. The molecule has 1 aromatic rings. The highest BCUT2D eigenvalue weighted by Gasteiger charge is 2.22. The van der Waals surface area contributed by atoms with E-state index in [1.54, 1.807) is 0 Å². The number of esters is 1. The van der Waals surface area contributed by atoms with Gasteiger partial charge >= 0.3 is 5.97 Å². The number of nitrogens with zero attached hydrogens (tertiary/aromatic N) is 2. The van der Waals surface area contributed by atoms with Crippen molar-refractivity contribution in [3.8, 4) is 0 Å². The third-order valence-corrected chi connectivity index (χ3v) is 3.78. The van der Waals surface area contributed by atoms with Crippen LogP contribution in [0.2, 0.25) is 0 Å². The molecule has 0 aliphatic carbocycles. The van der Waals surface area contributed by atoms with Crippen molar-refractivity contribution in [1.82, 2.24) is 9.80 Å². The number of benzene rings is 1. The lowest BCUT2D eigenvalue weighted by molar-refractivity contribution is -0.141. The number of amides is 1. The monoisotopic (exact) mass is 290 g/mol. The number of ether oxygens (including phenoxy) is 1. The second-order valence-corrected chi connectivity index (χ2v) is 5.33. The van der Waals surface area contributed by atoms with E-state index in [0.29, 0.717) is 26.1 Å². The van der Waals surface area contributed by atoms with Gasteiger partial charge in [-0.25, -0.2) is 0 Å². The number of hydrogen-bond donors (Lipinski definition) is 0. The van der Waals surface area contributed by atoms with E-state index in [4.69, 9.17) is 0 Å². The SMILES string of the molecule is COC(=O)CCN1CCN(C(=O)c2cccc(C)c2)CC1. The van der Waals surface area contributed by atoms with Crippen LogP contribution in [0.1, 0.15) is 22.3 Å². The van der Waals surface area contributed by atoms with Gasteiger partial charge in [-0.1, -0.05) is 17.7 Å². The largest absolute Gasteiger partial charge is 0.469 e. The lowest BCUT2D eigenvalue weighted by atomic mass is 10.1. The van der Waals surface area contributed by atoms with E-state index in [2.05, 4.69) is 9.64 Å². The molecule has 1 aliphatic heterocycles. The minimum absolute atomic E-state index is 0.0892. The number of carbonyl (C=O) groups is 2. The molecular formula is C16H22N2O3. The van der Waals surface area contributed by atoms with Gasteiger partial charge in [0.25, 0.3) is 5.91 Å². The van der Waals surface area contributed by atoms with Gasteiger partial charge in [-0.05, 0) is 19.1 Å². The van der Waals surface area contributed by atoms with Crippen LogP contribution >= 0.6 is 0 Å². The summed E-state index contributed by atoms with van der Waals surface area (Å²) in [5.41, 5.74) is 1.84. The zero-order valence-corrected chi connectivity index (χ0v) is 12.7. The Labute approximate surface area is 125 Å². The van der Waals surface area contributed by atoms with Crippen LogP contribution in [0.3, 0.4) is 0 Å². The number of rotatable bonds is 4. The number of aryl methyl sites for hydroxylation is 1. The van der Waals surface area contributed by atoms with Gasteiger partial charge in [0, 0.05) is 38.3 Å². The summed E-state index contributed by atoms with van der Waals surface area (Å²) in [4.78, 5) is 27.6. The molecule has 0 spiro atoms. The lowest BCUT2D eigenvalue weighted by Crippen LogP contribution is -2.49. The lowest BCUT2D eigenvalue weighted by Gasteiger charge is -2.34. The summed E-state index contributed by atoms with van der Waals surface area (Å²) in [7, 11) is 1.40. The first-order chi connectivity index (χ1) is 10.1. The maximum Gasteiger partial charge on any atom is 0.306 e. The molecule has 1 saturated heterocycles. The Bertz CT molecular complexity index is 508. The molecule has 0 saturated carbocycles. The molecule has 2 rings (SSSR count). The van der Waals surface area contributed by atoms with Gasteiger partial charge in [0.05, 0.1) is 13.5 Å². The number of methoxy groups -OCH3 is 1. The molecule has 0 aromatic heterocycles. The van der Waals surface area contributed by atoms with Gasteiger partial charge in [-0.3, -0.25) is 14.5 Å². The van der Waals surface area contributed by atoms with Crippen LogP contribution in [0, 0.1) is 6.92 Å². The molecule has 0 atom stereocenters. The van der Waals surface area contributed by atoms with Crippen LogP contribution in [0.25, 0.3) is 0 Å². The van der Waals surface area contributed by atoms with Gasteiger partial charge in [-0.2, -0.15) is 0 Å². The van der Waals surface area contributed by atoms with Gasteiger partial charge in [0.15, 0.2) is 0 Å². The van der Waals surface area contributed by atoms with Crippen LogP contribution in [0.15, 0.2) is 24.3 Å². The van der Waals surface area contributed by atoms with Crippen molar-refractivity contribution in [2.45, 2.75) is 13.3 Å². The van der Waals surface area contributed by atoms with E-state index < -0.39 is 0 Å². The van der Waals surface area contributed by atoms with Crippen molar-refractivity contribution in [1.29, 1.82) is 0 Å². The smallest absolute Gasteiger partial charge is 0.306 e. The summed E-state index contributed by atoms with van der Waals surface area (Å²) < 4.78 is 4.64. The van der Waals surface area contributed by atoms with Gasteiger partial charge < -0.3 is 9.64 Å². The van der Waals surface area contributed by atoms with E-state index in [0.717, 1.165) is 24.2 Å². The number of piperazine rings is 1. The van der Waals surface area contributed by atoms with E-state index in [9.17, 15) is 9.59 Å². The molecule has 5 nitrogen and oxygen atoms in total. The van der Waals surface area contributed by atoms with Crippen molar-refractivity contribution in [3.63, 3.8) is 0 Å². The standard InChI is InChI=1S/C16H22N2O3/c1-13-4-3-5-14(12-13)16(20)18-10-8-17(9-11-18)7-6-15(19)21-2/h3-5,12H,6-11H2,1-2H3. The second-order valence-electron chi connectivity index (χ2n) is 5.33. The predicted octanol–water partition coefficient (Wildman–Crippen LogP) is 1.32. The second kappa shape index (κ2) is 7.22. The zero-order chi connectivity index (χ0) is 15.2. The third-order valence-electron chi connectivity index (χ3n) is 3.78. The Balaban J connectivity index is 1.83. The maximum atomic E-state index is 12.4. The predicted molar refractivity (Wildman–Crippen MR) is 80.2 cm³/mol. The minimum atomic E-state index is -0.187. The maximum absolute atomic E-state index is 12.4. The Morgan fingerprint density at radius 1 is 1.19 bits per heavy atom. The minimum Gasteiger partial charge on any atom is -0.469 e. The fourth-order valence-corrected chi connectivity index (χ4v) is 2.49. The summed E-state index contributed by atoms with van der Waals surface area (Å²) in [6.07, 6.45) is 0.405. The molecular weight excluding hydrogens is 268 g/mol. The molecule has 114 valence electrons. The highest BCUT2D eigenvalue weighted by Crippen LogP contribution is 2.11. The van der Waals surface area contributed by atoms with Crippen LogP contribution in [-0.2, 0) is 9.53 Å². The van der Waals surface area contributed by atoms with Crippen LogP contribution in [0.4, 0.5) is 0 Å². The summed E-state index contributed by atoms with van der Waals surface area (Å²) in [5.74, 6) is -0.0976. The molecule has 0 N–H and O–H groups in total. The van der Waals surface area contributed by atoms with Gasteiger partial charge in [0.1, 0.15) is 0 Å². The first kappa shape index (κ1) is 15.5. The Kier molecular flexibility index (Phi) is 5.33. The normalized spacial score (nSPS) is 15.8. The first-order valence-electron chi connectivity index (χ1n) is 7.25. The van der Waals surface area contributed by atoms with Crippen molar-refractivity contribution in [2.75, 3.05) is 39.8 Å². The summed E-state index contributed by atoms with van der Waals surface area (Å²) in [6, 6.07) is 7.68. The first-order valence-corrected chi connectivity index (χ1v) is 7.25. The molecule has 0 bridgehead atoms. The Morgan fingerprint density at radius 3 is 2.52 bits per heavy atom. The fraction of sp³-hybridized carbons (Fsp3) is 0.500. The summed E-state index contributed by atoms with van der Waals surface area (Å²) in [5, 5.41) is 0. The van der Waals surface area contributed by atoms with E-state index in [-0.39, 0.29) is 11.9 Å². The summed E-state index contributed by atoms with van der Waals surface area (Å²) in [6.45, 7) is 5.69. The molecule has 0 unspecified atom stereocenters. The van der Waals surface area contributed by atoms with E-state index >= 15 is 0 Å². The highest BCUT2D eigenvalue weighted by atomic mass is 16.5. The number of hydrogen-bond acceptors (Lipinski definition) is 4. The molecule has 21 heavy (non-hydrogen) atoms. The van der Waals surface area contributed by atoms with E-state index in [1.807, 2.05) is 36.1 Å². The van der Waals surface area contributed by atoms with Crippen molar-refractivity contribution < 1.29 is 14.3 Å². The van der Waals surface area contributed by atoms with Crippen molar-refractivity contribution in [2.24, 2.45) is 0 Å². The van der Waals surface area contributed by atoms with Crippen molar-refractivity contribution in [3.05, 3.63) is 35.4 Å². The number of carbonyl (C=O) groups excluding carboxylic acids is 2.